The van der Waals surface area contributed by atoms with Crippen LogP contribution in [0.5, 0.6) is 0 Å². The van der Waals surface area contributed by atoms with Gasteiger partial charge in [0.1, 0.15) is 0 Å². The quantitative estimate of drug-likeness (QED) is 0.887. The largest absolute Gasteiger partial charge is 0.341 e. The van der Waals surface area contributed by atoms with Crippen molar-refractivity contribution in [3.63, 3.8) is 0 Å². The molecule has 1 aromatic rings. The molecule has 0 saturated heterocycles. The van der Waals surface area contributed by atoms with Crippen LogP contribution in [0, 0.1) is 12.8 Å². The summed E-state index contributed by atoms with van der Waals surface area (Å²) in [7, 11) is 1.87. The molecule has 98 valence electrons. The van der Waals surface area contributed by atoms with E-state index in [4.69, 9.17) is 5.73 Å². The summed E-state index contributed by atoms with van der Waals surface area (Å²) in [5, 5.41) is 0. The van der Waals surface area contributed by atoms with E-state index in [0.717, 1.165) is 19.3 Å². The first-order valence-electron chi connectivity index (χ1n) is 6.64. The van der Waals surface area contributed by atoms with Crippen LogP contribution in [0.1, 0.15) is 30.4 Å². The highest BCUT2D eigenvalue weighted by Gasteiger charge is 2.32. The number of carbonyl (C=O) groups is 1. The third-order valence-corrected chi connectivity index (χ3v) is 3.93. The minimum Gasteiger partial charge on any atom is -0.341 e. The number of hydrogen-bond donors (Lipinski definition) is 1. The molecule has 0 bridgehead atoms. The van der Waals surface area contributed by atoms with E-state index in [1.54, 1.807) is 0 Å². The molecule has 1 saturated carbocycles. The van der Waals surface area contributed by atoms with Gasteiger partial charge in [-0.3, -0.25) is 4.79 Å². The Balaban J connectivity index is 2.01. The molecule has 0 spiro atoms. The number of benzene rings is 1. The average molecular weight is 246 g/mol. The normalized spacial score (nSPS) is 23.1. The van der Waals surface area contributed by atoms with Crippen LogP contribution in [0.2, 0.25) is 0 Å². The zero-order chi connectivity index (χ0) is 13.1. The van der Waals surface area contributed by atoms with E-state index in [9.17, 15) is 4.79 Å². The monoisotopic (exact) mass is 246 g/mol. The lowest BCUT2D eigenvalue weighted by Gasteiger charge is -2.24. The summed E-state index contributed by atoms with van der Waals surface area (Å²) in [6, 6.07) is 8.25. The molecule has 1 aliphatic rings. The van der Waals surface area contributed by atoms with E-state index >= 15 is 0 Å². The lowest BCUT2D eigenvalue weighted by molar-refractivity contribution is -0.134. The van der Waals surface area contributed by atoms with Crippen LogP contribution >= 0.6 is 0 Å². The minimum atomic E-state index is 0.0269. The molecule has 2 unspecified atom stereocenters. The van der Waals surface area contributed by atoms with Crippen molar-refractivity contribution in [3.05, 3.63) is 35.4 Å². The highest BCUT2D eigenvalue weighted by Crippen LogP contribution is 2.26. The Morgan fingerprint density at radius 3 is 2.72 bits per heavy atom. The predicted molar refractivity (Wildman–Crippen MR) is 73.0 cm³/mol. The smallest absolute Gasteiger partial charge is 0.227 e. The second kappa shape index (κ2) is 5.53. The third kappa shape index (κ3) is 2.72. The molecule has 3 nitrogen and oxygen atoms in total. The first kappa shape index (κ1) is 13.1. The van der Waals surface area contributed by atoms with Crippen molar-refractivity contribution in [1.82, 2.24) is 4.90 Å². The topological polar surface area (TPSA) is 46.3 Å². The van der Waals surface area contributed by atoms with Crippen LogP contribution < -0.4 is 5.73 Å². The molecule has 0 aliphatic heterocycles. The van der Waals surface area contributed by atoms with E-state index in [2.05, 4.69) is 19.1 Å². The van der Waals surface area contributed by atoms with Crippen molar-refractivity contribution in [1.29, 1.82) is 0 Å². The molecule has 0 radical (unpaired) electrons. The standard InChI is InChI=1S/C15H22N2O/c1-11-6-3-4-7-12(11)10-17(2)15(18)13-8-5-9-14(13)16/h3-4,6-7,13-14H,5,8-10,16H2,1-2H3. The Morgan fingerprint density at radius 1 is 1.39 bits per heavy atom. The number of hydrogen-bond acceptors (Lipinski definition) is 2. The fourth-order valence-corrected chi connectivity index (χ4v) is 2.70. The highest BCUT2D eigenvalue weighted by molar-refractivity contribution is 5.79. The van der Waals surface area contributed by atoms with E-state index in [0.29, 0.717) is 6.54 Å². The molecular formula is C15H22N2O. The lowest BCUT2D eigenvalue weighted by atomic mass is 10.0. The van der Waals surface area contributed by atoms with Crippen molar-refractivity contribution in [2.45, 2.75) is 38.8 Å². The molecule has 3 heteroatoms. The van der Waals surface area contributed by atoms with E-state index in [-0.39, 0.29) is 17.9 Å². The number of amides is 1. The Labute approximate surface area is 109 Å². The summed E-state index contributed by atoms with van der Waals surface area (Å²) in [5.41, 5.74) is 8.43. The molecule has 2 N–H and O–H groups in total. The number of nitrogens with zero attached hydrogens (tertiary/aromatic N) is 1. The summed E-state index contributed by atoms with van der Waals surface area (Å²) < 4.78 is 0. The van der Waals surface area contributed by atoms with Crippen molar-refractivity contribution in [3.8, 4) is 0 Å². The van der Waals surface area contributed by atoms with E-state index in [1.165, 1.54) is 11.1 Å². The molecule has 18 heavy (non-hydrogen) atoms. The molecule has 2 rings (SSSR count). The molecular weight excluding hydrogens is 224 g/mol. The van der Waals surface area contributed by atoms with E-state index < -0.39 is 0 Å². The lowest BCUT2D eigenvalue weighted by Crippen LogP contribution is -2.39. The Hall–Kier alpha value is -1.35. The summed E-state index contributed by atoms with van der Waals surface area (Å²) in [6.07, 6.45) is 3.00. The summed E-state index contributed by atoms with van der Waals surface area (Å²) in [5.74, 6) is 0.224. The summed E-state index contributed by atoms with van der Waals surface area (Å²) >= 11 is 0. The van der Waals surface area contributed by atoms with Crippen LogP contribution in [0.4, 0.5) is 0 Å². The maximum Gasteiger partial charge on any atom is 0.227 e. The van der Waals surface area contributed by atoms with Crippen LogP contribution in [-0.2, 0) is 11.3 Å². The van der Waals surface area contributed by atoms with Gasteiger partial charge in [-0.1, -0.05) is 30.7 Å². The molecule has 0 heterocycles. The fraction of sp³-hybridized carbons (Fsp3) is 0.533. The zero-order valence-electron chi connectivity index (χ0n) is 11.2. The van der Waals surface area contributed by atoms with E-state index in [1.807, 2.05) is 24.1 Å². The average Bonchev–Trinajstić information content (AvgIpc) is 2.77. The van der Waals surface area contributed by atoms with Crippen molar-refractivity contribution in [2.24, 2.45) is 11.7 Å². The van der Waals surface area contributed by atoms with Crippen LogP contribution in [-0.4, -0.2) is 23.9 Å². The van der Waals surface area contributed by atoms with Gasteiger partial charge in [0, 0.05) is 19.6 Å². The van der Waals surface area contributed by atoms with Gasteiger partial charge in [-0.15, -0.1) is 0 Å². The minimum absolute atomic E-state index is 0.0269. The van der Waals surface area contributed by atoms with Crippen molar-refractivity contribution < 1.29 is 4.79 Å². The van der Waals surface area contributed by atoms with Gasteiger partial charge in [0.2, 0.25) is 5.91 Å². The summed E-state index contributed by atoms with van der Waals surface area (Å²) in [4.78, 5) is 14.1. The fourth-order valence-electron chi connectivity index (χ4n) is 2.70. The van der Waals surface area contributed by atoms with Gasteiger partial charge in [0.05, 0.1) is 5.92 Å². The van der Waals surface area contributed by atoms with Gasteiger partial charge in [-0.05, 0) is 30.9 Å². The zero-order valence-corrected chi connectivity index (χ0v) is 11.2. The van der Waals surface area contributed by atoms with Gasteiger partial charge >= 0.3 is 0 Å². The molecule has 1 amide bonds. The van der Waals surface area contributed by atoms with Crippen molar-refractivity contribution in [2.75, 3.05) is 7.05 Å². The maximum absolute atomic E-state index is 12.3. The number of aryl methyl sites for hydroxylation is 1. The summed E-state index contributed by atoms with van der Waals surface area (Å²) in [6.45, 7) is 2.75. The van der Waals surface area contributed by atoms with Crippen LogP contribution in [0.15, 0.2) is 24.3 Å². The molecule has 2 atom stereocenters. The van der Waals surface area contributed by atoms with Crippen LogP contribution in [0.25, 0.3) is 0 Å². The second-order valence-electron chi connectivity index (χ2n) is 5.32. The molecule has 0 aromatic heterocycles. The SMILES string of the molecule is Cc1ccccc1CN(C)C(=O)C1CCCC1N. The second-order valence-corrected chi connectivity index (χ2v) is 5.32. The first-order chi connectivity index (χ1) is 8.59. The van der Waals surface area contributed by atoms with Gasteiger partial charge in [-0.25, -0.2) is 0 Å². The Morgan fingerprint density at radius 2 is 2.11 bits per heavy atom. The van der Waals surface area contributed by atoms with Gasteiger partial charge in [0.15, 0.2) is 0 Å². The molecule has 1 aromatic carbocycles. The number of nitrogens with two attached hydrogens (primary N) is 1. The molecule has 1 fully saturated rings. The molecule has 1 aliphatic carbocycles. The maximum atomic E-state index is 12.3. The third-order valence-electron chi connectivity index (χ3n) is 3.93. The number of rotatable bonds is 3. The Bertz CT molecular complexity index is 430. The van der Waals surface area contributed by atoms with Crippen LogP contribution in [0.3, 0.4) is 0 Å². The predicted octanol–water partition coefficient (Wildman–Crippen LogP) is 2.08. The van der Waals surface area contributed by atoms with Crippen molar-refractivity contribution >= 4 is 5.91 Å². The number of carbonyl (C=O) groups excluding carboxylic acids is 1. The van der Waals surface area contributed by atoms with Gasteiger partial charge < -0.3 is 10.6 Å². The van der Waals surface area contributed by atoms with Gasteiger partial charge in [-0.2, -0.15) is 0 Å². The first-order valence-corrected chi connectivity index (χ1v) is 6.64. The Kier molecular flexibility index (Phi) is 4.02. The highest BCUT2D eigenvalue weighted by atomic mass is 16.2. The van der Waals surface area contributed by atoms with Gasteiger partial charge in [0.25, 0.3) is 0 Å².